The average molecular weight is 447 g/mol. The first-order valence-corrected chi connectivity index (χ1v) is 11.3. The number of carbonyl (C=O) groups is 3. The number of hydrogen-bond acceptors (Lipinski definition) is 5. The molecule has 0 saturated carbocycles. The van der Waals surface area contributed by atoms with Crippen molar-refractivity contribution in [1.29, 1.82) is 0 Å². The van der Waals surface area contributed by atoms with Crippen molar-refractivity contribution in [2.45, 2.75) is 38.1 Å². The van der Waals surface area contributed by atoms with Crippen LogP contribution < -0.4 is 10.6 Å². The second-order valence-electron chi connectivity index (χ2n) is 9.03. The lowest BCUT2D eigenvalue weighted by Crippen LogP contribution is -2.48. The van der Waals surface area contributed by atoms with E-state index in [-0.39, 0.29) is 23.7 Å². The molecule has 2 aliphatic heterocycles. The van der Waals surface area contributed by atoms with Crippen molar-refractivity contribution in [2.75, 3.05) is 13.1 Å². The van der Waals surface area contributed by atoms with Crippen molar-refractivity contribution < 1.29 is 18.8 Å². The van der Waals surface area contributed by atoms with Crippen LogP contribution in [0.1, 0.15) is 54.4 Å². The van der Waals surface area contributed by atoms with Crippen LogP contribution in [0.5, 0.6) is 0 Å². The van der Waals surface area contributed by atoms with Gasteiger partial charge in [0.15, 0.2) is 11.5 Å². The third kappa shape index (κ3) is 3.55. The fourth-order valence-corrected chi connectivity index (χ4v) is 4.86. The summed E-state index contributed by atoms with van der Waals surface area (Å²) in [5, 5.41) is 5.09. The Balaban J connectivity index is 1.28. The van der Waals surface area contributed by atoms with Gasteiger partial charge in [-0.15, -0.1) is 0 Å². The Morgan fingerprint density at radius 1 is 1.09 bits per heavy atom. The number of oxazole rings is 1. The number of fused-ring (bicyclic) bond motifs is 1. The predicted molar refractivity (Wildman–Crippen MR) is 122 cm³/mol. The first-order valence-electron chi connectivity index (χ1n) is 11.3. The second-order valence-corrected chi connectivity index (χ2v) is 9.03. The minimum absolute atomic E-state index is 0.0453. The first-order chi connectivity index (χ1) is 15.9. The summed E-state index contributed by atoms with van der Waals surface area (Å²) in [6.45, 7) is 5.01. The summed E-state index contributed by atoms with van der Waals surface area (Å²) in [5.74, 6) is 0.359. The molecule has 2 N–H and O–H groups in total. The zero-order chi connectivity index (χ0) is 23.2. The predicted octanol–water partition coefficient (Wildman–Crippen LogP) is 3.54. The molecule has 2 aromatic carbocycles. The Kier molecular flexibility index (Phi) is 5.15. The van der Waals surface area contributed by atoms with Gasteiger partial charge in [0, 0.05) is 24.6 Å². The Labute approximate surface area is 191 Å². The van der Waals surface area contributed by atoms with Crippen molar-refractivity contribution >= 4 is 28.9 Å². The lowest BCUT2D eigenvalue weighted by atomic mass is 9.79. The number of hydrogen-bond donors (Lipinski definition) is 2. The number of para-hydroxylation sites is 2. The molecule has 0 bridgehead atoms. The van der Waals surface area contributed by atoms with Crippen LogP contribution in [-0.2, 0) is 10.3 Å². The van der Waals surface area contributed by atoms with E-state index >= 15 is 0 Å². The molecule has 2 saturated heterocycles. The summed E-state index contributed by atoms with van der Waals surface area (Å²) in [4.78, 5) is 43.9. The van der Waals surface area contributed by atoms with E-state index in [1.165, 1.54) is 0 Å². The molecule has 1 atom stereocenters. The number of amides is 4. The summed E-state index contributed by atoms with van der Waals surface area (Å²) in [7, 11) is 0. The van der Waals surface area contributed by atoms with Crippen LogP contribution in [0.25, 0.3) is 11.1 Å². The van der Waals surface area contributed by atoms with Gasteiger partial charge >= 0.3 is 6.03 Å². The molecule has 4 amide bonds. The number of imide groups is 1. The van der Waals surface area contributed by atoms with Gasteiger partial charge in [0.1, 0.15) is 11.1 Å². The zero-order valence-corrected chi connectivity index (χ0v) is 18.6. The number of urea groups is 1. The lowest BCUT2D eigenvalue weighted by molar-refractivity contribution is -0.125. The molecule has 1 aromatic heterocycles. The molecular formula is C25H26N4O4. The van der Waals surface area contributed by atoms with Crippen LogP contribution in [0.2, 0.25) is 0 Å². The molecule has 3 heterocycles. The smallest absolute Gasteiger partial charge is 0.322 e. The Bertz CT molecular complexity index is 1190. The zero-order valence-electron chi connectivity index (χ0n) is 18.6. The molecule has 0 aliphatic carbocycles. The number of carbonyl (C=O) groups excluding carboxylic acids is 3. The van der Waals surface area contributed by atoms with Gasteiger partial charge < -0.3 is 14.6 Å². The van der Waals surface area contributed by atoms with E-state index in [9.17, 15) is 14.4 Å². The van der Waals surface area contributed by atoms with Crippen molar-refractivity contribution in [3.63, 3.8) is 0 Å². The monoisotopic (exact) mass is 446 g/mol. The van der Waals surface area contributed by atoms with E-state index in [4.69, 9.17) is 4.42 Å². The van der Waals surface area contributed by atoms with Gasteiger partial charge in [0.2, 0.25) is 0 Å². The summed E-state index contributed by atoms with van der Waals surface area (Å²) in [6.07, 6.45) is 1.58. The number of aromatic nitrogens is 1. The normalized spacial score (nSPS) is 21.5. The van der Waals surface area contributed by atoms with Gasteiger partial charge in [0.25, 0.3) is 11.8 Å². The molecule has 170 valence electrons. The van der Waals surface area contributed by atoms with Crippen molar-refractivity contribution in [3.05, 3.63) is 65.5 Å². The molecule has 0 radical (unpaired) electrons. The van der Waals surface area contributed by atoms with Gasteiger partial charge in [-0.05, 0) is 48.6 Å². The Hall–Kier alpha value is -3.68. The molecule has 1 unspecified atom stereocenters. The third-order valence-corrected chi connectivity index (χ3v) is 6.79. The number of benzene rings is 2. The van der Waals surface area contributed by atoms with Gasteiger partial charge in [-0.2, -0.15) is 0 Å². The molecule has 33 heavy (non-hydrogen) atoms. The minimum Gasteiger partial charge on any atom is -0.440 e. The topological polar surface area (TPSA) is 105 Å². The van der Waals surface area contributed by atoms with E-state index in [1.807, 2.05) is 43.0 Å². The van der Waals surface area contributed by atoms with Gasteiger partial charge in [-0.1, -0.05) is 38.1 Å². The maximum Gasteiger partial charge on any atom is 0.322 e. The van der Waals surface area contributed by atoms with Crippen molar-refractivity contribution in [1.82, 2.24) is 20.5 Å². The van der Waals surface area contributed by atoms with Crippen LogP contribution in [0.15, 0.2) is 52.9 Å². The summed E-state index contributed by atoms with van der Waals surface area (Å²) < 4.78 is 5.92. The summed E-state index contributed by atoms with van der Waals surface area (Å²) >= 11 is 0. The fourth-order valence-electron chi connectivity index (χ4n) is 4.86. The molecule has 0 spiro atoms. The fraction of sp³-hybridized carbons (Fsp3) is 0.360. The van der Waals surface area contributed by atoms with E-state index in [0.717, 1.165) is 29.8 Å². The van der Waals surface area contributed by atoms with E-state index < -0.39 is 11.6 Å². The second kappa shape index (κ2) is 8.03. The van der Waals surface area contributed by atoms with E-state index in [0.29, 0.717) is 24.2 Å². The molecule has 3 aromatic rings. The average Bonchev–Trinajstić information content (AvgIpc) is 3.39. The van der Waals surface area contributed by atoms with Gasteiger partial charge in [0.05, 0.1) is 0 Å². The maximum atomic E-state index is 13.1. The van der Waals surface area contributed by atoms with Crippen molar-refractivity contribution in [2.24, 2.45) is 5.92 Å². The molecular weight excluding hydrogens is 420 g/mol. The highest BCUT2D eigenvalue weighted by Gasteiger charge is 2.50. The number of nitrogens with one attached hydrogen (secondary N) is 2. The summed E-state index contributed by atoms with van der Waals surface area (Å²) in [6, 6.07) is 14.2. The highest BCUT2D eigenvalue weighted by Crippen LogP contribution is 2.34. The highest BCUT2D eigenvalue weighted by molar-refractivity contribution is 6.07. The number of rotatable bonds is 4. The van der Waals surface area contributed by atoms with Crippen molar-refractivity contribution in [3.8, 4) is 0 Å². The van der Waals surface area contributed by atoms with Gasteiger partial charge in [-0.3, -0.25) is 14.9 Å². The number of nitrogens with zero attached hydrogens (tertiary/aromatic N) is 2. The van der Waals surface area contributed by atoms with E-state index in [1.54, 1.807) is 24.3 Å². The number of piperidine rings is 1. The molecule has 5 rings (SSSR count). The minimum atomic E-state index is -1.13. The quantitative estimate of drug-likeness (QED) is 0.597. The number of likely N-dealkylation sites (tertiary alicyclic amines) is 1. The molecule has 8 nitrogen and oxygen atoms in total. The Morgan fingerprint density at radius 3 is 2.39 bits per heavy atom. The molecule has 2 aliphatic rings. The SMILES string of the molecule is CC(C)C1(c2ccc(C(=O)N3CCC(c4nc5ccccc5o4)CC3)cc2)NC(=O)NC1=O. The van der Waals surface area contributed by atoms with Gasteiger partial charge in [-0.25, -0.2) is 9.78 Å². The van der Waals surface area contributed by atoms with Crippen LogP contribution in [-0.4, -0.2) is 40.8 Å². The standard InChI is InChI=1S/C25H26N4O4/c1-15(2)25(23(31)27-24(32)28-25)18-9-7-17(8-10-18)22(30)29-13-11-16(12-14-29)21-26-19-5-3-4-6-20(19)33-21/h3-10,15-16H,11-14H2,1-2H3,(H2,27,28,31,32). The molecule has 2 fully saturated rings. The highest BCUT2D eigenvalue weighted by atomic mass is 16.3. The van der Waals surface area contributed by atoms with E-state index in [2.05, 4.69) is 15.6 Å². The lowest BCUT2D eigenvalue weighted by Gasteiger charge is -2.32. The van der Waals surface area contributed by atoms with Crippen LogP contribution in [0.3, 0.4) is 0 Å². The Morgan fingerprint density at radius 2 is 1.79 bits per heavy atom. The molecule has 8 heteroatoms. The van der Waals surface area contributed by atoms with Crippen LogP contribution >= 0.6 is 0 Å². The van der Waals surface area contributed by atoms with Crippen LogP contribution in [0.4, 0.5) is 4.79 Å². The largest absolute Gasteiger partial charge is 0.440 e. The maximum absolute atomic E-state index is 13.1. The van der Waals surface area contributed by atoms with Crippen LogP contribution in [0, 0.1) is 5.92 Å². The third-order valence-electron chi connectivity index (χ3n) is 6.79. The first kappa shape index (κ1) is 21.2. The summed E-state index contributed by atoms with van der Waals surface area (Å²) in [5.41, 5.74) is 1.74.